The Hall–Kier alpha value is -1.27. The van der Waals surface area contributed by atoms with Crippen molar-refractivity contribution >= 4 is 45.8 Å². The molecule has 0 unspecified atom stereocenters. The number of nitrogens with one attached hydrogen (secondary N) is 1. The van der Waals surface area contributed by atoms with Crippen molar-refractivity contribution in [3.8, 4) is 5.75 Å². The standard InChI is InChI=1S/C14H11ClINO2/c1-19-11-5-3-10(4-6-11)17-14(18)12-8-9(15)2-7-13(12)16/h2-8H,1H3,(H,17,18). The number of hydrogen-bond acceptors (Lipinski definition) is 2. The zero-order valence-electron chi connectivity index (χ0n) is 10.1. The van der Waals surface area contributed by atoms with Gasteiger partial charge in [-0.1, -0.05) is 11.6 Å². The van der Waals surface area contributed by atoms with Crippen molar-refractivity contribution < 1.29 is 9.53 Å². The van der Waals surface area contributed by atoms with Gasteiger partial charge in [-0.25, -0.2) is 0 Å². The highest BCUT2D eigenvalue weighted by Crippen LogP contribution is 2.20. The van der Waals surface area contributed by atoms with E-state index in [1.807, 2.05) is 6.07 Å². The van der Waals surface area contributed by atoms with Gasteiger partial charge < -0.3 is 10.1 Å². The number of carbonyl (C=O) groups is 1. The van der Waals surface area contributed by atoms with Crippen molar-refractivity contribution in [3.05, 3.63) is 56.6 Å². The first kappa shape index (κ1) is 14.1. The Balaban J connectivity index is 2.18. The van der Waals surface area contributed by atoms with E-state index in [1.54, 1.807) is 43.5 Å². The molecule has 0 aliphatic heterocycles. The molecule has 1 amide bonds. The molecular weight excluding hydrogens is 377 g/mol. The van der Waals surface area contributed by atoms with Gasteiger partial charge in [-0.15, -0.1) is 0 Å². The van der Waals surface area contributed by atoms with E-state index >= 15 is 0 Å². The minimum absolute atomic E-state index is 0.183. The maximum absolute atomic E-state index is 12.1. The van der Waals surface area contributed by atoms with Gasteiger partial charge >= 0.3 is 0 Å². The van der Waals surface area contributed by atoms with E-state index in [0.29, 0.717) is 16.3 Å². The lowest BCUT2D eigenvalue weighted by Crippen LogP contribution is -2.13. The van der Waals surface area contributed by atoms with E-state index in [1.165, 1.54) is 0 Å². The molecular formula is C14H11ClINO2. The number of halogens is 2. The molecule has 0 atom stereocenters. The molecule has 0 aliphatic carbocycles. The van der Waals surface area contributed by atoms with E-state index in [4.69, 9.17) is 16.3 Å². The summed E-state index contributed by atoms with van der Waals surface area (Å²) in [5, 5.41) is 3.36. The van der Waals surface area contributed by atoms with Crippen LogP contribution in [0.25, 0.3) is 0 Å². The Bertz CT molecular complexity index is 599. The molecule has 0 heterocycles. The number of hydrogen-bond donors (Lipinski definition) is 1. The largest absolute Gasteiger partial charge is 0.497 e. The summed E-state index contributed by atoms with van der Waals surface area (Å²) in [5.41, 5.74) is 1.27. The number of benzene rings is 2. The number of carbonyl (C=O) groups excluding carboxylic acids is 1. The monoisotopic (exact) mass is 387 g/mol. The van der Waals surface area contributed by atoms with E-state index in [2.05, 4.69) is 27.9 Å². The predicted molar refractivity (Wildman–Crippen MR) is 85.1 cm³/mol. The lowest BCUT2D eigenvalue weighted by atomic mass is 10.2. The summed E-state index contributed by atoms with van der Waals surface area (Å²) in [5.74, 6) is 0.562. The summed E-state index contributed by atoms with van der Waals surface area (Å²) in [4.78, 5) is 12.1. The summed E-state index contributed by atoms with van der Waals surface area (Å²) < 4.78 is 5.92. The molecule has 2 aromatic rings. The molecule has 0 aliphatic rings. The molecule has 0 saturated heterocycles. The molecule has 3 nitrogen and oxygen atoms in total. The van der Waals surface area contributed by atoms with Gasteiger partial charge in [0.15, 0.2) is 0 Å². The quantitative estimate of drug-likeness (QED) is 0.802. The molecule has 0 spiro atoms. The van der Waals surface area contributed by atoms with E-state index < -0.39 is 0 Å². The topological polar surface area (TPSA) is 38.3 Å². The second-order valence-corrected chi connectivity index (χ2v) is 5.41. The average Bonchev–Trinajstić information content (AvgIpc) is 2.42. The molecule has 5 heteroatoms. The molecule has 2 rings (SSSR count). The zero-order chi connectivity index (χ0) is 13.8. The Kier molecular flexibility index (Phi) is 4.66. The van der Waals surface area contributed by atoms with Crippen molar-refractivity contribution in [2.24, 2.45) is 0 Å². The third-order valence-corrected chi connectivity index (χ3v) is 3.70. The molecule has 1 N–H and O–H groups in total. The molecule has 0 radical (unpaired) electrons. The van der Waals surface area contributed by atoms with E-state index in [-0.39, 0.29) is 5.91 Å². The highest BCUT2D eigenvalue weighted by atomic mass is 127. The normalized spacial score (nSPS) is 10.1. The molecule has 98 valence electrons. The fraction of sp³-hybridized carbons (Fsp3) is 0.0714. The first-order chi connectivity index (χ1) is 9.10. The van der Waals surface area contributed by atoms with Crippen LogP contribution in [0, 0.1) is 3.57 Å². The third-order valence-electron chi connectivity index (χ3n) is 2.52. The van der Waals surface area contributed by atoms with Crippen molar-refractivity contribution in [2.45, 2.75) is 0 Å². The van der Waals surface area contributed by atoms with Crippen LogP contribution in [0.3, 0.4) is 0 Å². The summed E-state index contributed by atoms with van der Waals surface area (Å²) in [6, 6.07) is 12.4. The number of amides is 1. The summed E-state index contributed by atoms with van der Waals surface area (Å²) in [6.45, 7) is 0. The smallest absolute Gasteiger partial charge is 0.256 e. The highest BCUT2D eigenvalue weighted by molar-refractivity contribution is 14.1. The summed E-state index contributed by atoms with van der Waals surface area (Å²) in [6.07, 6.45) is 0. The molecule has 0 saturated carbocycles. The second-order valence-electron chi connectivity index (χ2n) is 3.81. The van der Waals surface area contributed by atoms with Crippen LogP contribution >= 0.6 is 34.2 Å². The van der Waals surface area contributed by atoms with Crippen molar-refractivity contribution in [1.82, 2.24) is 0 Å². The van der Waals surface area contributed by atoms with E-state index in [0.717, 1.165) is 9.32 Å². The van der Waals surface area contributed by atoms with Crippen LogP contribution in [-0.2, 0) is 0 Å². The van der Waals surface area contributed by atoms with Gasteiger partial charge in [0.25, 0.3) is 5.91 Å². The number of methoxy groups -OCH3 is 1. The second kappa shape index (κ2) is 6.25. The minimum atomic E-state index is -0.183. The van der Waals surface area contributed by atoms with Gasteiger partial charge in [0, 0.05) is 14.3 Å². The van der Waals surface area contributed by atoms with Crippen molar-refractivity contribution in [2.75, 3.05) is 12.4 Å². The Labute approximate surface area is 130 Å². The van der Waals surface area contributed by atoms with Crippen LogP contribution in [0.4, 0.5) is 5.69 Å². The number of anilines is 1. The van der Waals surface area contributed by atoms with Gasteiger partial charge in [0.1, 0.15) is 5.75 Å². The molecule has 2 aromatic carbocycles. The van der Waals surface area contributed by atoms with Gasteiger partial charge in [-0.05, 0) is 65.1 Å². The maximum Gasteiger partial charge on any atom is 0.256 e. The fourth-order valence-corrected chi connectivity index (χ4v) is 2.30. The lowest BCUT2D eigenvalue weighted by Gasteiger charge is -2.08. The summed E-state index contributed by atoms with van der Waals surface area (Å²) >= 11 is 8.01. The molecule has 0 bridgehead atoms. The SMILES string of the molecule is COc1ccc(NC(=O)c2cc(Cl)ccc2I)cc1. The van der Waals surface area contributed by atoms with Gasteiger partial charge in [0.05, 0.1) is 12.7 Å². The maximum atomic E-state index is 12.1. The van der Waals surface area contributed by atoms with Crippen LogP contribution in [-0.4, -0.2) is 13.0 Å². The first-order valence-corrected chi connectivity index (χ1v) is 6.96. The van der Waals surface area contributed by atoms with Gasteiger partial charge in [0.2, 0.25) is 0 Å². The first-order valence-electron chi connectivity index (χ1n) is 5.50. The zero-order valence-corrected chi connectivity index (χ0v) is 13.0. The average molecular weight is 388 g/mol. The van der Waals surface area contributed by atoms with Crippen LogP contribution in [0.1, 0.15) is 10.4 Å². The lowest BCUT2D eigenvalue weighted by molar-refractivity contribution is 0.102. The fourth-order valence-electron chi connectivity index (χ4n) is 1.54. The van der Waals surface area contributed by atoms with Crippen LogP contribution in [0.15, 0.2) is 42.5 Å². The molecule has 0 aromatic heterocycles. The van der Waals surface area contributed by atoms with Gasteiger partial charge in [-0.3, -0.25) is 4.79 Å². The molecule has 0 fully saturated rings. The van der Waals surface area contributed by atoms with Gasteiger partial charge in [-0.2, -0.15) is 0 Å². The number of rotatable bonds is 3. The summed E-state index contributed by atoms with van der Waals surface area (Å²) in [7, 11) is 1.60. The van der Waals surface area contributed by atoms with Crippen LogP contribution in [0.5, 0.6) is 5.75 Å². The Morgan fingerprint density at radius 2 is 1.89 bits per heavy atom. The Morgan fingerprint density at radius 3 is 2.53 bits per heavy atom. The van der Waals surface area contributed by atoms with E-state index in [9.17, 15) is 4.79 Å². The van der Waals surface area contributed by atoms with Crippen LogP contribution in [0.2, 0.25) is 5.02 Å². The van der Waals surface area contributed by atoms with Crippen LogP contribution < -0.4 is 10.1 Å². The number of ether oxygens (including phenoxy) is 1. The molecule has 19 heavy (non-hydrogen) atoms. The highest BCUT2D eigenvalue weighted by Gasteiger charge is 2.10. The minimum Gasteiger partial charge on any atom is -0.497 e. The Morgan fingerprint density at radius 1 is 1.21 bits per heavy atom. The van der Waals surface area contributed by atoms with Crippen molar-refractivity contribution in [3.63, 3.8) is 0 Å². The predicted octanol–water partition coefficient (Wildman–Crippen LogP) is 4.21. The van der Waals surface area contributed by atoms with Crippen molar-refractivity contribution in [1.29, 1.82) is 0 Å². The third kappa shape index (κ3) is 3.61.